The van der Waals surface area contributed by atoms with E-state index in [-0.39, 0.29) is 23.5 Å². The topological polar surface area (TPSA) is 98.6 Å². The molecular weight excluding hydrogens is 462 g/mol. The molecule has 1 aromatic carbocycles. The van der Waals surface area contributed by atoms with Crippen molar-refractivity contribution in [3.63, 3.8) is 0 Å². The number of sulfone groups is 1. The molecule has 33 heavy (non-hydrogen) atoms. The van der Waals surface area contributed by atoms with Gasteiger partial charge in [0.25, 0.3) is 5.91 Å². The normalized spacial score (nSPS) is 17.3. The third kappa shape index (κ3) is 5.11. The summed E-state index contributed by atoms with van der Waals surface area (Å²) in [7, 11) is -3.12. The SMILES string of the molecule is CCCCN(C(=O)COC(=O)c1cc2c(C)nn(-c3ccccc3)c2s1)C1CCS(=O)(=O)C1. The molecule has 1 aliphatic heterocycles. The minimum Gasteiger partial charge on any atom is -0.451 e. The monoisotopic (exact) mass is 489 g/mol. The predicted octanol–water partition coefficient (Wildman–Crippen LogP) is 3.37. The number of benzene rings is 1. The lowest BCUT2D eigenvalue weighted by Gasteiger charge is -2.28. The second kappa shape index (κ2) is 9.64. The number of para-hydroxylation sites is 1. The average Bonchev–Trinajstić information content (AvgIpc) is 3.47. The van der Waals surface area contributed by atoms with E-state index < -0.39 is 22.4 Å². The molecule has 4 rings (SSSR count). The summed E-state index contributed by atoms with van der Waals surface area (Å²) in [5.41, 5.74) is 1.69. The van der Waals surface area contributed by atoms with Crippen LogP contribution in [0.4, 0.5) is 0 Å². The van der Waals surface area contributed by atoms with Crippen molar-refractivity contribution in [1.29, 1.82) is 0 Å². The Morgan fingerprint density at radius 2 is 2.03 bits per heavy atom. The average molecular weight is 490 g/mol. The van der Waals surface area contributed by atoms with E-state index in [1.54, 1.807) is 15.6 Å². The van der Waals surface area contributed by atoms with Crippen LogP contribution in [-0.4, -0.2) is 65.7 Å². The van der Waals surface area contributed by atoms with Gasteiger partial charge in [0.2, 0.25) is 0 Å². The summed E-state index contributed by atoms with van der Waals surface area (Å²) >= 11 is 1.27. The molecule has 1 aliphatic rings. The summed E-state index contributed by atoms with van der Waals surface area (Å²) in [6.07, 6.45) is 2.07. The predicted molar refractivity (Wildman–Crippen MR) is 128 cm³/mol. The summed E-state index contributed by atoms with van der Waals surface area (Å²) in [4.78, 5) is 28.4. The van der Waals surface area contributed by atoms with Crippen molar-refractivity contribution < 1.29 is 22.7 Å². The molecule has 2 aromatic heterocycles. The Morgan fingerprint density at radius 1 is 1.27 bits per heavy atom. The maximum atomic E-state index is 12.8. The van der Waals surface area contributed by atoms with Gasteiger partial charge in [0.15, 0.2) is 16.4 Å². The molecule has 1 unspecified atom stereocenters. The highest BCUT2D eigenvalue weighted by molar-refractivity contribution is 7.91. The van der Waals surface area contributed by atoms with Crippen LogP contribution in [0.15, 0.2) is 36.4 Å². The Labute approximate surface area is 197 Å². The van der Waals surface area contributed by atoms with Gasteiger partial charge in [0.1, 0.15) is 9.71 Å². The molecule has 10 heteroatoms. The molecule has 1 atom stereocenters. The van der Waals surface area contributed by atoms with Crippen LogP contribution < -0.4 is 0 Å². The van der Waals surface area contributed by atoms with Crippen LogP contribution in [0.5, 0.6) is 0 Å². The number of carbonyl (C=O) groups is 2. The van der Waals surface area contributed by atoms with Crippen molar-refractivity contribution in [2.24, 2.45) is 0 Å². The number of ether oxygens (including phenoxy) is 1. The van der Waals surface area contributed by atoms with Gasteiger partial charge in [0, 0.05) is 18.0 Å². The Bertz CT molecular complexity index is 1260. The van der Waals surface area contributed by atoms with Gasteiger partial charge in [-0.3, -0.25) is 4.79 Å². The van der Waals surface area contributed by atoms with E-state index >= 15 is 0 Å². The zero-order chi connectivity index (χ0) is 23.6. The highest BCUT2D eigenvalue weighted by Gasteiger charge is 2.34. The number of unbranched alkanes of at least 4 members (excludes halogenated alkanes) is 1. The summed E-state index contributed by atoms with van der Waals surface area (Å²) in [6, 6.07) is 11.0. The minimum atomic E-state index is -3.12. The summed E-state index contributed by atoms with van der Waals surface area (Å²) < 4.78 is 30.9. The number of esters is 1. The number of rotatable bonds is 8. The van der Waals surface area contributed by atoms with Gasteiger partial charge >= 0.3 is 5.97 Å². The van der Waals surface area contributed by atoms with Crippen LogP contribution in [-0.2, 0) is 19.4 Å². The third-order valence-electron chi connectivity index (χ3n) is 5.80. The molecule has 3 heterocycles. The maximum absolute atomic E-state index is 12.8. The number of hydrogen-bond acceptors (Lipinski definition) is 7. The van der Waals surface area contributed by atoms with Crippen molar-refractivity contribution >= 4 is 43.3 Å². The summed E-state index contributed by atoms with van der Waals surface area (Å²) in [5, 5.41) is 5.43. The van der Waals surface area contributed by atoms with Crippen molar-refractivity contribution in [2.75, 3.05) is 24.7 Å². The molecule has 1 fully saturated rings. The Hall–Kier alpha value is -2.72. The first-order valence-electron chi connectivity index (χ1n) is 11.0. The lowest BCUT2D eigenvalue weighted by atomic mass is 10.2. The molecule has 0 N–H and O–H groups in total. The van der Waals surface area contributed by atoms with Crippen molar-refractivity contribution in [1.82, 2.24) is 14.7 Å². The van der Waals surface area contributed by atoms with Crippen LogP contribution >= 0.6 is 11.3 Å². The number of fused-ring (bicyclic) bond motifs is 1. The molecule has 1 amide bonds. The summed E-state index contributed by atoms with van der Waals surface area (Å²) in [6.45, 7) is 3.95. The molecule has 176 valence electrons. The van der Waals surface area contributed by atoms with E-state index in [9.17, 15) is 18.0 Å². The van der Waals surface area contributed by atoms with Gasteiger partial charge in [-0.05, 0) is 38.0 Å². The van der Waals surface area contributed by atoms with Crippen molar-refractivity contribution in [3.05, 3.63) is 47.0 Å². The van der Waals surface area contributed by atoms with Crippen LogP contribution in [0.1, 0.15) is 41.6 Å². The molecule has 1 saturated heterocycles. The third-order valence-corrected chi connectivity index (χ3v) is 8.64. The number of aromatic nitrogens is 2. The van der Waals surface area contributed by atoms with Gasteiger partial charge in [-0.25, -0.2) is 17.9 Å². The lowest BCUT2D eigenvalue weighted by Crippen LogP contribution is -2.43. The molecule has 0 spiro atoms. The molecule has 0 radical (unpaired) electrons. The van der Waals surface area contributed by atoms with Crippen molar-refractivity contribution in [3.8, 4) is 5.69 Å². The first-order chi connectivity index (χ1) is 15.8. The van der Waals surface area contributed by atoms with Gasteiger partial charge in [-0.15, -0.1) is 11.3 Å². The first-order valence-corrected chi connectivity index (χ1v) is 13.6. The van der Waals surface area contributed by atoms with E-state index in [4.69, 9.17) is 4.74 Å². The number of carbonyl (C=O) groups excluding carboxylic acids is 2. The quantitative estimate of drug-likeness (QED) is 0.450. The molecule has 0 bridgehead atoms. The van der Waals surface area contributed by atoms with E-state index in [0.29, 0.717) is 17.8 Å². The molecule has 0 aliphatic carbocycles. The number of hydrogen-bond donors (Lipinski definition) is 0. The first kappa shape index (κ1) is 23.4. The highest BCUT2D eigenvalue weighted by atomic mass is 32.2. The standard InChI is InChI=1S/C23H27N3O5S2/c1-3-4-11-25(18-10-12-33(29,30)15-18)21(27)14-31-23(28)20-13-19-16(2)24-26(22(19)32-20)17-8-6-5-7-9-17/h5-9,13,18H,3-4,10-12,14-15H2,1-2H3. The van der Waals surface area contributed by atoms with Gasteiger partial charge < -0.3 is 9.64 Å². The fourth-order valence-electron chi connectivity index (χ4n) is 4.03. The van der Waals surface area contributed by atoms with Crippen molar-refractivity contribution in [2.45, 2.75) is 39.2 Å². The zero-order valence-electron chi connectivity index (χ0n) is 18.7. The smallest absolute Gasteiger partial charge is 0.348 e. The zero-order valence-corrected chi connectivity index (χ0v) is 20.3. The number of amides is 1. The van der Waals surface area contributed by atoms with Crippen LogP contribution in [0.25, 0.3) is 15.9 Å². The van der Waals surface area contributed by atoms with Gasteiger partial charge in [0.05, 0.1) is 22.9 Å². The lowest BCUT2D eigenvalue weighted by molar-refractivity contribution is -0.136. The number of thiophene rings is 1. The second-order valence-corrected chi connectivity index (χ2v) is 11.5. The fourth-order valence-corrected chi connectivity index (χ4v) is 6.84. The number of aryl methyl sites for hydroxylation is 1. The van der Waals surface area contributed by atoms with Crippen LogP contribution in [0.2, 0.25) is 0 Å². The fraction of sp³-hybridized carbons (Fsp3) is 0.435. The Balaban J connectivity index is 1.47. The van der Waals surface area contributed by atoms with Gasteiger partial charge in [-0.1, -0.05) is 31.5 Å². The number of nitrogens with zero attached hydrogens (tertiary/aromatic N) is 3. The largest absolute Gasteiger partial charge is 0.451 e. The van der Waals surface area contributed by atoms with Gasteiger partial charge in [-0.2, -0.15) is 5.10 Å². The molecule has 0 saturated carbocycles. The van der Waals surface area contributed by atoms with E-state index in [2.05, 4.69) is 5.10 Å². The molecule has 3 aromatic rings. The Kier molecular flexibility index (Phi) is 6.85. The van der Waals surface area contributed by atoms with E-state index in [1.165, 1.54) is 11.3 Å². The van der Waals surface area contributed by atoms with E-state index in [0.717, 1.165) is 34.4 Å². The van der Waals surface area contributed by atoms with E-state index in [1.807, 2.05) is 44.2 Å². The summed E-state index contributed by atoms with van der Waals surface area (Å²) in [5.74, 6) is -0.862. The molecule has 8 nitrogen and oxygen atoms in total. The van der Waals surface area contributed by atoms with Crippen LogP contribution in [0, 0.1) is 6.92 Å². The van der Waals surface area contributed by atoms with Crippen LogP contribution in [0.3, 0.4) is 0 Å². The Morgan fingerprint density at radius 3 is 2.70 bits per heavy atom. The second-order valence-electron chi connectivity index (χ2n) is 8.24. The molecular formula is C23H27N3O5S2. The minimum absolute atomic E-state index is 0.0258. The highest BCUT2D eigenvalue weighted by Crippen LogP contribution is 2.31. The maximum Gasteiger partial charge on any atom is 0.348 e.